The Morgan fingerprint density at radius 2 is 1.82 bits per heavy atom. The van der Waals surface area contributed by atoms with Crippen molar-refractivity contribution in [2.24, 2.45) is 0 Å². The van der Waals surface area contributed by atoms with Crippen LogP contribution in [0.3, 0.4) is 0 Å². The fourth-order valence-corrected chi connectivity index (χ4v) is 4.64. The lowest BCUT2D eigenvalue weighted by molar-refractivity contribution is -0.116. The topological polar surface area (TPSA) is 44.4 Å². The van der Waals surface area contributed by atoms with Crippen LogP contribution in [-0.4, -0.2) is 51.3 Å². The van der Waals surface area contributed by atoms with E-state index in [1.807, 2.05) is 4.68 Å². The summed E-state index contributed by atoms with van der Waals surface area (Å²) in [7, 11) is 0. The molecule has 0 bridgehead atoms. The number of benzene rings is 1. The standard InChI is InChI=1S/C21H28N4O2S/c28-21-24(14-16-6-2-1-3-7-16)19(17-9-10-17)22-25(21)15-23-11-5-4-8-18(23)20-26-12-13-27-20/h1-3,6-7,17-18,20H,4-5,8-15H2. The first kappa shape index (κ1) is 18.5. The minimum absolute atomic E-state index is 0.108. The summed E-state index contributed by atoms with van der Waals surface area (Å²) in [6, 6.07) is 10.8. The molecule has 2 saturated heterocycles. The lowest BCUT2D eigenvalue weighted by Crippen LogP contribution is -2.48. The highest BCUT2D eigenvalue weighted by Crippen LogP contribution is 2.39. The Kier molecular flexibility index (Phi) is 5.32. The zero-order valence-electron chi connectivity index (χ0n) is 16.2. The second kappa shape index (κ2) is 8.06. The summed E-state index contributed by atoms with van der Waals surface area (Å²) in [5.41, 5.74) is 1.27. The second-order valence-electron chi connectivity index (χ2n) is 8.11. The summed E-state index contributed by atoms with van der Waals surface area (Å²) < 4.78 is 16.7. The van der Waals surface area contributed by atoms with E-state index >= 15 is 0 Å². The number of aromatic nitrogens is 3. The van der Waals surface area contributed by atoms with Crippen molar-refractivity contribution in [1.29, 1.82) is 0 Å². The Morgan fingerprint density at radius 3 is 2.57 bits per heavy atom. The molecule has 1 aromatic carbocycles. The molecule has 28 heavy (non-hydrogen) atoms. The minimum atomic E-state index is -0.108. The zero-order valence-corrected chi connectivity index (χ0v) is 17.0. The molecule has 1 aliphatic carbocycles. The number of piperidine rings is 1. The van der Waals surface area contributed by atoms with Gasteiger partial charge in [-0.1, -0.05) is 36.8 Å². The predicted octanol–water partition coefficient (Wildman–Crippen LogP) is 3.52. The molecule has 0 amide bonds. The third kappa shape index (κ3) is 3.81. The molecule has 1 saturated carbocycles. The molecule has 2 aromatic rings. The van der Waals surface area contributed by atoms with E-state index < -0.39 is 0 Å². The molecule has 6 nitrogen and oxygen atoms in total. The van der Waals surface area contributed by atoms with E-state index in [1.54, 1.807) is 0 Å². The highest BCUT2D eigenvalue weighted by atomic mass is 32.1. The number of likely N-dealkylation sites (tertiary alicyclic amines) is 1. The van der Waals surface area contributed by atoms with Gasteiger partial charge in [0.25, 0.3) is 0 Å². The molecular weight excluding hydrogens is 372 g/mol. The molecule has 150 valence electrons. The maximum atomic E-state index is 5.88. The van der Waals surface area contributed by atoms with Crippen LogP contribution in [0.4, 0.5) is 0 Å². The first-order valence-electron chi connectivity index (χ1n) is 10.5. The molecule has 7 heteroatoms. The van der Waals surface area contributed by atoms with E-state index in [0.717, 1.165) is 30.1 Å². The van der Waals surface area contributed by atoms with E-state index in [9.17, 15) is 0 Å². The van der Waals surface area contributed by atoms with Crippen molar-refractivity contribution < 1.29 is 9.47 Å². The van der Waals surface area contributed by atoms with Crippen molar-refractivity contribution in [2.45, 2.75) is 63.6 Å². The SMILES string of the molecule is S=c1n(CN2CCCCC2C2OCCO2)nc(C2CC2)n1Cc1ccccc1. The smallest absolute Gasteiger partial charge is 0.199 e. The van der Waals surface area contributed by atoms with Gasteiger partial charge in [0, 0.05) is 12.5 Å². The third-order valence-corrected chi connectivity index (χ3v) is 6.45. The predicted molar refractivity (Wildman–Crippen MR) is 109 cm³/mol. The van der Waals surface area contributed by atoms with Gasteiger partial charge in [-0.2, -0.15) is 5.10 Å². The minimum Gasteiger partial charge on any atom is -0.349 e. The third-order valence-electron chi connectivity index (χ3n) is 6.02. The van der Waals surface area contributed by atoms with Crippen molar-refractivity contribution in [3.8, 4) is 0 Å². The molecule has 0 spiro atoms. The quantitative estimate of drug-likeness (QED) is 0.694. The molecule has 0 radical (unpaired) electrons. The van der Waals surface area contributed by atoms with Crippen molar-refractivity contribution in [1.82, 2.24) is 19.2 Å². The molecule has 1 unspecified atom stereocenters. The van der Waals surface area contributed by atoms with Crippen LogP contribution in [0.25, 0.3) is 0 Å². The average molecular weight is 401 g/mol. The highest BCUT2D eigenvalue weighted by molar-refractivity contribution is 7.71. The largest absolute Gasteiger partial charge is 0.349 e. The van der Waals surface area contributed by atoms with E-state index in [4.69, 9.17) is 26.8 Å². The first-order valence-corrected chi connectivity index (χ1v) is 10.9. The van der Waals surface area contributed by atoms with Crippen LogP contribution in [0.5, 0.6) is 0 Å². The molecule has 3 fully saturated rings. The molecule has 3 heterocycles. The molecule has 3 aliphatic rings. The number of hydrogen-bond donors (Lipinski definition) is 0. The van der Waals surface area contributed by atoms with Gasteiger partial charge in [0.05, 0.1) is 32.5 Å². The van der Waals surface area contributed by atoms with E-state index in [2.05, 4.69) is 39.8 Å². The molecule has 1 aromatic heterocycles. The van der Waals surface area contributed by atoms with Crippen LogP contribution in [0.15, 0.2) is 30.3 Å². The van der Waals surface area contributed by atoms with Crippen molar-refractivity contribution in [3.63, 3.8) is 0 Å². The maximum Gasteiger partial charge on any atom is 0.199 e. The van der Waals surface area contributed by atoms with Gasteiger partial charge in [-0.25, -0.2) is 4.68 Å². The van der Waals surface area contributed by atoms with Gasteiger partial charge in [0.1, 0.15) is 5.82 Å². The summed E-state index contributed by atoms with van der Waals surface area (Å²) in [4.78, 5) is 2.45. The first-order chi connectivity index (χ1) is 13.8. The van der Waals surface area contributed by atoms with Crippen LogP contribution in [0, 0.1) is 4.77 Å². The second-order valence-corrected chi connectivity index (χ2v) is 8.48. The number of nitrogens with zero attached hydrogens (tertiary/aromatic N) is 4. The van der Waals surface area contributed by atoms with Gasteiger partial charge < -0.3 is 9.47 Å². The van der Waals surface area contributed by atoms with E-state index in [-0.39, 0.29) is 6.29 Å². The zero-order chi connectivity index (χ0) is 18.9. The number of hydrogen-bond acceptors (Lipinski definition) is 5. The Hall–Kier alpha value is -1.54. The number of ether oxygens (including phenoxy) is 2. The van der Waals surface area contributed by atoms with E-state index in [1.165, 1.54) is 31.2 Å². The summed E-state index contributed by atoms with van der Waals surface area (Å²) in [5, 5.41) is 4.98. The van der Waals surface area contributed by atoms with Crippen LogP contribution in [0.1, 0.15) is 49.4 Å². The Morgan fingerprint density at radius 1 is 1.04 bits per heavy atom. The molecule has 5 rings (SSSR count). The Balaban J connectivity index is 1.40. The lowest BCUT2D eigenvalue weighted by Gasteiger charge is -2.37. The van der Waals surface area contributed by atoms with Crippen LogP contribution in [-0.2, 0) is 22.7 Å². The molecule has 0 N–H and O–H groups in total. The summed E-state index contributed by atoms with van der Waals surface area (Å²) >= 11 is 5.88. The van der Waals surface area contributed by atoms with Crippen molar-refractivity contribution in [3.05, 3.63) is 46.5 Å². The highest BCUT2D eigenvalue weighted by Gasteiger charge is 2.35. The fourth-order valence-electron chi connectivity index (χ4n) is 4.38. The average Bonchev–Trinajstić information content (AvgIpc) is 3.34. The van der Waals surface area contributed by atoms with Crippen LogP contribution >= 0.6 is 12.2 Å². The molecule has 2 aliphatic heterocycles. The van der Waals surface area contributed by atoms with Crippen molar-refractivity contribution in [2.75, 3.05) is 19.8 Å². The summed E-state index contributed by atoms with van der Waals surface area (Å²) in [6.07, 6.45) is 5.87. The van der Waals surface area contributed by atoms with Crippen LogP contribution < -0.4 is 0 Å². The Bertz CT molecular complexity index is 855. The van der Waals surface area contributed by atoms with Gasteiger partial charge >= 0.3 is 0 Å². The molecular formula is C21H28N4O2S. The lowest BCUT2D eigenvalue weighted by atomic mass is 10.0. The van der Waals surface area contributed by atoms with Crippen molar-refractivity contribution >= 4 is 12.2 Å². The number of rotatable bonds is 6. The van der Waals surface area contributed by atoms with Gasteiger partial charge in [-0.05, 0) is 43.5 Å². The van der Waals surface area contributed by atoms with Gasteiger partial charge in [0.2, 0.25) is 0 Å². The summed E-state index contributed by atoms with van der Waals surface area (Å²) in [5.74, 6) is 1.71. The van der Waals surface area contributed by atoms with Gasteiger partial charge in [-0.15, -0.1) is 0 Å². The Labute approximate surface area is 171 Å². The van der Waals surface area contributed by atoms with Gasteiger partial charge in [-0.3, -0.25) is 9.47 Å². The molecule has 1 atom stereocenters. The summed E-state index contributed by atoms with van der Waals surface area (Å²) in [6.45, 7) is 3.95. The monoisotopic (exact) mass is 400 g/mol. The fraction of sp³-hybridized carbons (Fsp3) is 0.619. The normalized spacial score (nSPS) is 24.1. The maximum absolute atomic E-state index is 5.88. The van der Waals surface area contributed by atoms with Crippen LogP contribution in [0.2, 0.25) is 0 Å². The van der Waals surface area contributed by atoms with E-state index in [0.29, 0.717) is 31.8 Å². The van der Waals surface area contributed by atoms with Gasteiger partial charge in [0.15, 0.2) is 11.1 Å².